The Morgan fingerprint density at radius 1 is 0.389 bits per heavy atom. The summed E-state index contributed by atoms with van der Waals surface area (Å²) < 4.78 is 4.78. The molecule has 0 spiro atoms. The molecule has 0 atom stereocenters. The lowest BCUT2D eigenvalue weighted by Crippen LogP contribution is -2.39. The van der Waals surface area contributed by atoms with Crippen molar-refractivity contribution in [1.82, 2.24) is 4.57 Å². The maximum Gasteiger partial charge on any atom is 0.210 e. The molecule has 10 aromatic rings. The molecule has 2 heterocycles. The van der Waals surface area contributed by atoms with Crippen molar-refractivity contribution in [2.75, 3.05) is 0 Å². The van der Waals surface area contributed by atoms with Crippen LogP contribution in [-0.2, 0) is 0 Å². The summed E-state index contributed by atoms with van der Waals surface area (Å²) in [6, 6.07) is 71.1. The monoisotopic (exact) mass is 687 g/mol. The molecule has 0 amide bonds. The second kappa shape index (κ2) is 12.3. The van der Waals surface area contributed by atoms with Crippen LogP contribution in [0.4, 0.5) is 0 Å². The Hall–Kier alpha value is -7.03. The van der Waals surface area contributed by atoms with Gasteiger partial charge in [0.25, 0.3) is 0 Å². The highest BCUT2D eigenvalue weighted by Crippen LogP contribution is 2.43. The second-order valence-electron chi connectivity index (χ2n) is 14.3. The van der Waals surface area contributed by atoms with Gasteiger partial charge in [0, 0.05) is 39.2 Å². The fraction of sp³-hybridized carbons (Fsp3) is 0.0192. The Morgan fingerprint density at radius 3 is 1.61 bits per heavy atom. The zero-order valence-electron chi connectivity index (χ0n) is 29.6. The minimum atomic E-state index is 0.132. The van der Waals surface area contributed by atoms with Crippen molar-refractivity contribution < 1.29 is 4.57 Å². The molecule has 2 heteroatoms. The molecule has 0 radical (unpaired) electrons. The van der Waals surface area contributed by atoms with E-state index in [0.29, 0.717) is 0 Å². The lowest BCUT2D eigenvalue weighted by atomic mass is 9.91. The summed E-state index contributed by atoms with van der Waals surface area (Å²) in [4.78, 5) is 0. The molecular formula is C52H35N2+. The van der Waals surface area contributed by atoms with Gasteiger partial charge in [-0.25, -0.2) is 0 Å². The summed E-state index contributed by atoms with van der Waals surface area (Å²) in [5, 5.41) is 5.06. The van der Waals surface area contributed by atoms with Crippen molar-refractivity contribution >= 4 is 32.6 Å². The van der Waals surface area contributed by atoms with Crippen molar-refractivity contribution in [3.63, 3.8) is 0 Å². The number of aromatic nitrogens is 2. The van der Waals surface area contributed by atoms with E-state index in [1.54, 1.807) is 0 Å². The number of nitrogens with zero attached hydrogens (tertiary/aromatic N) is 2. The van der Waals surface area contributed by atoms with Gasteiger partial charge in [0.15, 0.2) is 12.4 Å². The topological polar surface area (TPSA) is 8.81 Å². The highest BCUT2D eigenvalue weighted by Gasteiger charge is 2.35. The molecule has 2 aromatic heterocycles. The Bertz CT molecular complexity index is 2950. The van der Waals surface area contributed by atoms with Gasteiger partial charge >= 0.3 is 0 Å². The zero-order chi connectivity index (χ0) is 35.6. The van der Waals surface area contributed by atoms with Gasteiger partial charge in [-0.05, 0) is 80.0 Å². The van der Waals surface area contributed by atoms with E-state index < -0.39 is 0 Å². The van der Waals surface area contributed by atoms with Gasteiger partial charge in [-0.3, -0.25) is 0 Å². The summed E-state index contributed by atoms with van der Waals surface area (Å²) in [7, 11) is 0. The predicted molar refractivity (Wildman–Crippen MR) is 224 cm³/mol. The molecule has 0 saturated heterocycles. The number of hydrogen-bond donors (Lipinski definition) is 0. The summed E-state index contributed by atoms with van der Waals surface area (Å²) in [6.45, 7) is 0. The number of hydrogen-bond acceptors (Lipinski definition) is 0. The number of rotatable bonds is 5. The van der Waals surface area contributed by atoms with Crippen LogP contribution in [-0.4, -0.2) is 4.57 Å². The van der Waals surface area contributed by atoms with Crippen LogP contribution in [0.3, 0.4) is 0 Å². The van der Waals surface area contributed by atoms with Crippen LogP contribution in [0.15, 0.2) is 207 Å². The van der Waals surface area contributed by atoms with E-state index in [1.807, 2.05) is 0 Å². The molecule has 0 saturated carbocycles. The number of fused-ring (bicyclic) bond motifs is 7. The predicted octanol–water partition coefficient (Wildman–Crippen LogP) is 12.8. The van der Waals surface area contributed by atoms with Crippen molar-refractivity contribution in [2.45, 2.75) is 6.04 Å². The Morgan fingerprint density at radius 2 is 0.926 bits per heavy atom. The minimum Gasteiger partial charge on any atom is -0.309 e. The Kier molecular flexibility index (Phi) is 6.96. The molecule has 1 aliphatic rings. The van der Waals surface area contributed by atoms with Crippen LogP contribution >= 0.6 is 0 Å². The largest absolute Gasteiger partial charge is 0.309 e. The van der Waals surface area contributed by atoms with Gasteiger partial charge in [0.05, 0.1) is 11.0 Å². The summed E-state index contributed by atoms with van der Waals surface area (Å²) in [5.74, 6) is 0. The lowest BCUT2D eigenvalue weighted by Gasteiger charge is -2.14. The van der Waals surface area contributed by atoms with Crippen molar-refractivity contribution in [3.05, 3.63) is 218 Å². The third kappa shape index (κ3) is 4.77. The highest BCUT2D eigenvalue weighted by molar-refractivity contribution is 6.09. The third-order valence-electron chi connectivity index (χ3n) is 11.4. The standard InChI is InChI=1S/C52H35N2/c1-3-22-47-43(18-1)44-19-2-4-23-48(44)52(47)53-32-12-16-39(34-53)42-25-11-14-37-13-10-24-41(51(37)42)36-30-28-35(29-31-36)38-15-9-17-40(33-38)54-49-26-7-5-20-45(49)46-21-6-8-27-50(46)54/h1-34,52H/q+1. The first-order chi connectivity index (χ1) is 26.8. The maximum absolute atomic E-state index is 2.39. The van der Waals surface area contributed by atoms with E-state index in [0.717, 1.165) is 5.69 Å². The molecule has 8 aromatic carbocycles. The van der Waals surface area contributed by atoms with E-state index in [4.69, 9.17) is 0 Å². The fourth-order valence-corrected chi connectivity index (χ4v) is 8.95. The van der Waals surface area contributed by atoms with E-state index >= 15 is 0 Å². The minimum absolute atomic E-state index is 0.132. The van der Waals surface area contributed by atoms with Gasteiger partial charge in [0.2, 0.25) is 6.04 Å². The first-order valence-electron chi connectivity index (χ1n) is 18.7. The molecule has 0 N–H and O–H groups in total. The van der Waals surface area contributed by atoms with Crippen LogP contribution in [0.1, 0.15) is 17.2 Å². The van der Waals surface area contributed by atoms with Gasteiger partial charge in [-0.2, -0.15) is 4.57 Å². The van der Waals surface area contributed by atoms with E-state index in [1.165, 1.54) is 88.2 Å². The summed E-state index contributed by atoms with van der Waals surface area (Å²) >= 11 is 0. The van der Waals surface area contributed by atoms with E-state index in [2.05, 4.69) is 216 Å². The van der Waals surface area contributed by atoms with Gasteiger partial charge < -0.3 is 4.57 Å². The first kappa shape index (κ1) is 30.6. The van der Waals surface area contributed by atoms with Crippen LogP contribution in [0.25, 0.3) is 82.8 Å². The summed E-state index contributed by atoms with van der Waals surface area (Å²) in [6.07, 6.45) is 4.55. The third-order valence-corrected chi connectivity index (χ3v) is 11.4. The molecule has 0 fully saturated rings. The maximum atomic E-state index is 2.39. The van der Waals surface area contributed by atoms with E-state index in [-0.39, 0.29) is 6.04 Å². The van der Waals surface area contributed by atoms with Gasteiger partial charge in [-0.1, -0.05) is 158 Å². The molecule has 2 nitrogen and oxygen atoms in total. The first-order valence-corrected chi connectivity index (χ1v) is 18.7. The van der Waals surface area contributed by atoms with Crippen LogP contribution in [0.2, 0.25) is 0 Å². The van der Waals surface area contributed by atoms with Crippen molar-refractivity contribution in [3.8, 4) is 50.2 Å². The smallest absolute Gasteiger partial charge is 0.210 e. The van der Waals surface area contributed by atoms with Gasteiger partial charge in [0.1, 0.15) is 0 Å². The highest BCUT2D eigenvalue weighted by atomic mass is 15.0. The second-order valence-corrected chi connectivity index (χ2v) is 14.3. The molecule has 54 heavy (non-hydrogen) atoms. The van der Waals surface area contributed by atoms with Crippen LogP contribution in [0.5, 0.6) is 0 Å². The van der Waals surface area contributed by atoms with E-state index in [9.17, 15) is 0 Å². The summed E-state index contributed by atoms with van der Waals surface area (Å²) in [5.41, 5.74) is 16.2. The van der Waals surface area contributed by atoms with Crippen molar-refractivity contribution in [1.29, 1.82) is 0 Å². The van der Waals surface area contributed by atoms with Crippen LogP contribution < -0.4 is 4.57 Å². The molecule has 0 bridgehead atoms. The van der Waals surface area contributed by atoms with Gasteiger partial charge in [-0.15, -0.1) is 0 Å². The molecule has 1 aliphatic carbocycles. The zero-order valence-corrected chi connectivity index (χ0v) is 29.6. The van der Waals surface area contributed by atoms with Crippen LogP contribution in [0, 0.1) is 0 Å². The quantitative estimate of drug-likeness (QED) is 0.159. The molecule has 11 rings (SSSR count). The fourth-order valence-electron chi connectivity index (χ4n) is 8.95. The Balaban J connectivity index is 0.983. The lowest BCUT2D eigenvalue weighted by molar-refractivity contribution is -0.703. The SMILES string of the molecule is c1cc(-c2ccc(-c3cccc4cccc(-c5ccc[n+](C6c7ccccc7-c7ccccc76)c5)c34)cc2)cc(-n2c3ccccc3c3ccccc32)c1. The number of pyridine rings is 1. The molecule has 252 valence electrons. The number of benzene rings is 8. The van der Waals surface area contributed by atoms with Crippen molar-refractivity contribution in [2.24, 2.45) is 0 Å². The molecular weight excluding hydrogens is 653 g/mol. The Labute approximate surface area is 314 Å². The molecule has 0 unspecified atom stereocenters. The molecule has 0 aliphatic heterocycles. The average Bonchev–Trinajstić information content (AvgIpc) is 3.77. The average molecular weight is 688 g/mol. The normalized spacial score (nSPS) is 12.4. The number of para-hydroxylation sites is 2.